The average Bonchev–Trinajstić information content (AvgIpc) is 3.11. The van der Waals surface area contributed by atoms with E-state index in [1.54, 1.807) is 13.0 Å². The number of nitrogens with zero attached hydrogens (tertiary/aromatic N) is 3. The Morgan fingerprint density at radius 1 is 1.22 bits per heavy atom. The molecule has 1 aromatic heterocycles. The second-order valence-corrected chi connectivity index (χ2v) is 6.87. The smallest absolute Gasteiger partial charge is 0.271 e. The second kappa shape index (κ2) is 8.00. The summed E-state index contributed by atoms with van der Waals surface area (Å²) in [5, 5.41) is 21.0. The topological polar surface area (TPSA) is 114 Å². The molecule has 1 heterocycles. The van der Waals surface area contributed by atoms with Gasteiger partial charge in [0.1, 0.15) is 0 Å². The number of aromatic amines is 1. The number of benzene rings is 2. The number of nitrogens with one attached hydrogen (secondary N) is 2. The summed E-state index contributed by atoms with van der Waals surface area (Å²) in [6.07, 6.45) is 0. The van der Waals surface area contributed by atoms with Crippen LogP contribution in [0.2, 0.25) is 0 Å². The van der Waals surface area contributed by atoms with Gasteiger partial charge in [-0.2, -0.15) is 0 Å². The molecule has 0 fully saturated rings. The zero-order valence-electron chi connectivity index (χ0n) is 14.7. The Balaban J connectivity index is 1.61. The summed E-state index contributed by atoms with van der Waals surface area (Å²) in [7, 11) is 0. The first-order valence-corrected chi connectivity index (χ1v) is 9.08. The maximum atomic E-state index is 12.2. The van der Waals surface area contributed by atoms with Crippen molar-refractivity contribution in [1.82, 2.24) is 15.2 Å². The van der Waals surface area contributed by atoms with Gasteiger partial charge < -0.3 is 5.32 Å². The summed E-state index contributed by atoms with van der Waals surface area (Å²) in [6.45, 7) is 3.78. The van der Waals surface area contributed by atoms with Crippen LogP contribution in [0.15, 0.2) is 47.6 Å². The lowest BCUT2D eigenvalue weighted by Crippen LogP contribution is -2.15. The van der Waals surface area contributed by atoms with Crippen molar-refractivity contribution >= 4 is 29.0 Å². The van der Waals surface area contributed by atoms with Gasteiger partial charge in [0.25, 0.3) is 5.69 Å². The number of non-ortho nitro benzene ring substituents is 1. The number of rotatable bonds is 6. The van der Waals surface area contributed by atoms with Crippen LogP contribution in [0.25, 0.3) is 11.4 Å². The van der Waals surface area contributed by atoms with Crippen molar-refractivity contribution in [1.29, 1.82) is 0 Å². The van der Waals surface area contributed by atoms with Gasteiger partial charge in [-0.05, 0) is 19.4 Å². The first-order valence-electron chi connectivity index (χ1n) is 8.09. The molecule has 2 N–H and O–H groups in total. The lowest BCUT2D eigenvalue weighted by atomic mass is 10.1. The van der Waals surface area contributed by atoms with Gasteiger partial charge in [0, 0.05) is 17.7 Å². The van der Waals surface area contributed by atoms with Crippen molar-refractivity contribution in [2.75, 3.05) is 11.1 Å². The van der Waals surface area contributed by atoms with E-state index < -0.39 is 4.92 Å². The van der Waals surface area contributed by atoms with Gasteiger partial charge in [0.15, 0.2) is 5.82 Å². The summed E-state index contributed by atoms with van der Waals surface area (Å²) < 4.78 is 0. The van der Waals surface area contributed by atoms with Crippen LogP contribution in [0.1, 0.15) is 11.1 Å². The molecule has 2 aromatic carbocycles. The quantitative estimate of drug-likeness (QED) is 0.381. The molecular formula is C18H17N5O3S. The SMILES string of the molecule is Cc1ccc(-c2nc(SCC(=O)Nc3cc([N+](=O)[O-])ccc3C)n[nH]2)cc1. The van der Waals surface area contributed by atoms with Gasteiger partial charge in [0.2, 0.25) is 11.1 Å². The maximum absolute atomic E-state index is 12.2. The van der Waals surface area contributed by atoms with Gasteiger partial charge in [-0.3, -0.25) is 20.0 Å². The predicted octanol–water partition coefficient (Wildman–Crippen LogP) is 3.73. The summed E-state index contributed by atoms with van der Waals surface area (Å²) in [4.78, 5) is 26.9. The van der Waals surface area contributed by atoms with E-state index in [9.17, 15) is 14.9 Å². The number of thioether (sulfide) groups is 1. The molecule has 138 valence electrons. The number of hydrogen-bond acceptors (Lipinski definition) is 6. The molecule has 0 spiro atoms. The van der Waals surface area contributed by atoms with Crippen LogP contribution in [0.3, 0.4) is 0 Å². The van der Waals surface area contributed by atoms with Crippen molar-refractivity contribution < 1.29 is 9.72 Å². The van der Waals surface area contributed by atoms with E-state index in [0.717, 1.165) is 16.7 Å². The van der Waals surface area contributed by atoms with Crippen molar-refractivity contribution in [2.24, 2.45) is 0 Å². The number of carbonyl (C=O) groups is 1. The Bertz CT molecular complexity index is 985. The molecule has 0 atom stereocenters. The Hall–Kier alpha value is -3.20. The zero-order valence-corrected chi connectivity index (χ0v) is 15.5. The highest BCUT2D eigenvalue weighted by molar-refractivity contribution is 7.99. The van der Waals surface area contributed by atoms with Crippen LogP contribution < -0.4 is 5.32 Å². The number of nitro benzene ring substituents is 1. The van der Waals surface area contributed by atoms with Crippen LogP contribution in [0.4, 0.5) is 11.4 Å². The lowest BCUT2D eigenvalue weighted by Gasteiger charge is -2.07. The fourth-order valence-electron chi connectivity index (χ4n) is 2.33. The Kier molecular flexibility index (Phi) is 5.51. The first kappa shape index (κ1) is 18.6. The van der Waals surface area contributed by atoms with Crippen LogP contribution >= 0.6 is 11.8 Å². The minimum absolute atomic E-state index is 0.0692. The Morgan fingerprint density at radius 3 is 2.67 bits per heavy atom. The summed E-state index contributed by atoms with van der Waals surface area (Å²) in [5.74, 6) is 0.436. The molecule has 0 unspecified atom stereocenters. The molecular weight excluding hydrogens is 366 g/mol. The lowest BCUT2D eigenvalue weighted by molar-refractivity contribution is -0.384. The monoisotopic (exact) mass is 383 g/mol. The summed E-state index contributed by atoms with van der Waals surface area (Å²) in [5.41, 5.74) is 3.17. The fraction of sp³-hybridized carbons (Fsp3) is 0.167. The van der Waals surface area contributed by atoms with Gasteiger partial charge in [-0.25, -0.2) is 4.98 Å². The number of anilines is 1. The molecule has 0 aliphatic carbocycles. The van der Waals surface area contributed by atoms with E-state index in [0.29, 0.717) is 16.7 Å². The Morgan fingerprint density at radius 2 is 1.96 bits per heavy atom. The molecule has 1 amide bonds. The molecule has 3 rings (SSSR count). The molecule has 0 saturated carbocycles. The molecule has 0 saturated heterocycles. The number of aryl methyl sites for hydroxylation is 2. The number of nitro groups is 1. The van der Waals surface area contributed by atoms with E-state index in [1.165, 1.54) is 23.9 Å². The summed E-state index contributed by atoms with van der Waals surface area (Å²) in [6, 6.07) is 12.2. The third-order valence-corrected chi connectivity index (χ3v) is 4.68. The molecule has 27 heavy (non-hydrogen) atoms. The first-order chi connectivity index (χ1) is 12.9. The van der Waals surface area contributed by atoms with E-state index >= 15 is 0 Å². The Labute approximate surface area is 159 Å². The van der Waals surface area contributed by atoms with Gasteiger partial charge >= 0.3 is 0 Å². The number of amides is 1. The van der Waals surface area contributed by atoms with E-state index in [-0.39, 0.29) is 17.3 Å². The number of carbonyl (C=O) groups excluding carboxylic acids is 1. The molecule has 3 aromatic rings. The van der Waals surface area contributed by atoms with Gasteiger partial charge in [-0.15, -0.1) is 5.10 Å². The highest BCUT2D eigenvalue weighted by Gasteiger charge is 2.13. The van der Waals surface area contributed by atoms with Crippen molar-refractivity contribution in [2.45, 2.75) is 19.0 Å². The standard InChI is InChI=1S/C18H17N5O3S/c1-11-3-6-13(7-4-11)17-20-18(22-21-17)27-10-16(24)19-15-9-14(23(25)26)8-5-12(15)2/h3-9H,10H2,1-2H3,(H,19,24)(H,20,21,22). The van der Waals surface area contributed by atoms with E-state index in [4.69, 9.17) is 0 Å². The normalized spacial score (nSPS) is 10.6. The molecule has 0 aliphatic heterocycles. The minimum atomic E-state index is -0.496. The fourth-order valence-corrected chi connectivity index (χ4v) is 2.92. The molecule has 0 bridgehead atoms. The van der Waals surface area contributed by atoms with Gasteiger partial charge in [0.05, 0.1) is 16.4 Å². The number of H-pyrrole nitrogens is 1. The van der Waals surface area contributed by atoms with Crippen LogP contribution in [-0.2, 0) is 4.79 Å². The van der Waals surface area contributed by atoms with Crippen LogP contribution in [-0.4, -0.2) is 31.8 Å². The third kappa shape index (κ3) is 4.70. The van der Waals surface area contributed by atoms with Crippen molar-refractivity contribution in [3.05, 3.63) is 63.7 Å². The molecule has 8 nitrogen and oxygen atoms in total. The number of hydrogen-bond donors (Lipinski definition) is 2. The van der Waals surface area contributed by atoms with Crippen molar-refractivity contribution in [3.63, 3.8) is 0 Å². The zero-order chi connectivity index (χ0) is 19.4. The predicted molar refractivity (Wildman–Crippen MR) is 104 cm³/mol. The third-order valence-electron chi connectivity index (χ3n) is 3.83. The van der Waals surface area contributed by atoms with Crippen LogP contribution in [0.5, 0.6) is 0 Å². The van der Waals surface area contributed by atoms with Crippen molar-refractivity contribution in [3.8, 4) is 11.4 Å². The largest absolute Gasteiger partial charge is 0.325 e. The van der Waals surface area contributed by atoms with E-state index in [2.05, 4.69) is 20.5 Å². The van der Waals surface area contributed by atoms with E-state index in [1.807, 2.05) is 31.2 Å². The average molecular weight is 383 g/mol. The second-order valence-electron chi connectivity index (χ2n) is 5.93. The molecule has 9 heteroatoms. The highest BCUT2D eigenvalue weighted by atomic mass is 32.2. The highest BCUT2D eigenvalue weighted by Crippen LogP contribution is 2.23. The van der Waals surface area contributed by atoms with Crippen LogP contribution in [0, 0.1) is 24.0 Å². The number of aromatic nitrogens is 3. The summed E-state index contributed by atoms with van der Waals surface area (Å²) >= 11 is 1.18. The molecule has 0 radical (unpaired) electrons. The van der Waals surface area contributed by atoms with Gasteiger partial charge in [-0.1, -0.05) is 47.7 Å². The minimum Gasteiger partial charge on any atom is -0.325 e. The maximum Gasteiger partial charge on any atom is 0.271 e. The molecule has 0 aliphatic rings.